The Labute approximate surface area is 79.8 Å². The first-order valence-electron chi connectivity index (χ1n) is 3.92. The highest BCUT2D eigenvalue weighted by Crippen LogP contribution is 2.11. The number of aromatic nitrogens is 2. The van der Waals surface area contributed by atoms with Gasteiger partial charge in [-0.1, -0.05) is 12.1 Å². The van der Waals surface area contributed by atoms with E-state index in [1.54, 1.807) is 28.8 Å². The molecule has 0 unspecified atom stereocenters. The number of hydrogen-bond donors (Lipinski definition) is 0. The highest BCUT2D eigenvalue weighted by molar-refractivity contribution is 5.33. The Balaban J connectivity index is 2.39. The minimum atomic E-state index is -0.522. The Morgan fingerprint density at radius 2 is 2.14 bits per heavy atom. The van der Waals surface area contributed by atoms with Crippen LogP contribution < -0.4 is 0 Å². The monoisotopic (exact) mass is 188 g/mol. The van der Waals surface area contributed by atoms with Crippen molar-refractivity contribution in [1.29, 1.82) is 0 Å². The lowest BCUT2D eigenvalue weighted by atomic mass is 10.3. The van der Waals surface area contributed by atoms with E-state index in [0.29, 0.717) is 0 Å². The van der Waals surface area contributed by atoms with E-state index in [2.05, 4.69) is 11.1 Å². The van der Waals surface area contributed by atoms with Crippen LogP contribution in [0.4, 0.5) is 5.82 Å². The van der Waals surface area contributed by atoms with Gasteiger partial charge in [-0.15, -0.1) is 0 Å². The summed E-state index contributed by atoms with van der Waals surface area (Å²) in [6.45, 7) is 0. The summed E-state index contributed by atoms with van der Waals surface area (Å²) in [7, 11) is 0. The summed E-state index contributed by atoms with van der Waals surface area (Å²) in [6, 6.07) is 9.93. The van der Waals surface area contributed by atoms with Crippen LogP contribution in [0.15, 0.2) is 36.8 Å². The van der Waals surface area contributed by atoms with Gasteiger partial charge in [-0.3, -0.25) is 4.57 Å². The zero-order valence-electron chi connectivity index (χ0n) is 7.12. The van der Waals surface area contributed by atoms with Crippen LogP contribution in [0.1, 0.15) is 0 Å². The molecule has 5 nitrogen and oxygen atoms in total. The molecule has 5 heteroatoms. The van der Waals surface area contributed by atoms with E-state index in [1.807, 2.05) is 0 Å². The van der Waals surface area contributed by atoms with Crippen molar-refractivity contribution < 1.29 is 4.92 Å². The summed E-state index contributed by atoms with van der Waals surface area (Å²) < 4.78 is 1.59. The van der Waals surface area contributed by atoms with Crippen molar-refractivity contribution in [3.05, 3.63) is 53.0 Å². The van der Waals surface area contributed by atoms with E-state index in [-0.39, 0.29) is 5.82 Å². The van der Waals surface area contributed by atoms with Crippen LogP contribution in [0.3, 0.4) is 0 Å². The first kappa shape index (κ1) is 8.43. The number of hydrogen-bond acceptors (Lipinski definition) is 3. The minimum Gasteiger partial charge on any atom is -0.358 e. The molecule has 0 aliphatic carbocycles. The molecule has 1 aromatic heterocycles. The van der Waals surface area contributed by atoms with Gasteiger partial charge in [0, 0.05) is 5.69 Å². The summed E-state index contributed by atoms with van der Waals surface area (Å²) >= 11 is 0. The average Bonchev–Trinajstić information content (AvgIpc) is 2.68. The zero-order chi connectivity index (χ0) is 9.97. The molecule has 1 radical (unpaired) electrons. The molecule has 0 amide bonds. The molecular weight excluding hydrogens is 182 g/mol. The van der Waals surface area contributed by atoms with E-state index in [0.717, 1.165) is 5.69 Å². The maximum Gasteiger partial charge on any atom is 0.381 e. The van der Waals surface area contributed by atoms with Gasteiger partial charge in [-0.25, -0.2) is 0 Å². The van der Waals surface area contributed by atoms with Gasteiger partial charge in [0.05, 0.1) is 0 Å². The molecule has 0 saturated heterocycles. The Bertz CT molecular complexity index is 450. The Hall–Kier alpha value is -2.17. The third-order valence-corrected chi connectivity index (χ3v) is 1.75. The molecule has 0 aliphatic heterocycles. The second-order valence-electron chi connectivity index (χ2n) is 2.65. The quantitative estimate of drug-likeness (QED) is 0.531. The topological polar surface area (TPSA) is 61.0 Å². The summed E-state index contributed by atoms with van der Waals surface area (Å²) in [6.07, 6.45) is 2.78. The fourth-order valence-corrected chi connectivity index (χ4v) is 1.10. The Kier molecular flexibility index (Phi) is 1.98. The van der Waals surface area contributed by atoms with Crippen LogP contribution in [0, 0.1) is 16.2 Å². The van der Waals surface area contributed by atoms with E-state index in [1.165, 1.54) is 12.5 Å². The molecule has 0 aliphatic rings. The minimum absolute atomic E-state index is 0.155. The molecule has 0 fully saturated rings. The lowest BCUT2D eigenvalue weighted by Crippen LogP contribution is -1.89. The third-order valence-electron chi connectivity index (χ3n) is 1.75. The number of imidazole rings is 1. The molecule has 2 aromatic rings. The standard InChI is InChI=1S/C9H6N3O2/c13-12(14)9-6-11(7-10-9)8-4-2-1-3-5-8/h2-7H. The fraction of sp³-hybridized carbons (Fsp3) is 0. The van der Waals surface area contributed by atoms with Crippen molar-refractivity contribution >= 4 is 5.82 Å². The van der Waals surface area contributed by atoms with Gasteiger partial charge in [0.25, 0.3) is 0 Å². The second-order valence-corrected chi connectivity index (χ2v) is 2.65. The summed E-state index contributed by atoms with van der Waals surface area (Å²) in [5, 5.41) is 10.4. The van der Waals surface area contributed by atoms with Crippen molar-refractivity contribution in [2.45, 2.75) is 0 Å². The van der Waals surface area contributed by atoms with Gasteiger partial charge in [0.2, 0.25) is 6.33 Å². The first-order chi connectivity index (χ1) is 6.77. The van der Waals surface area contributed by atoms with E-state index in [4.69, 9.17) is 0 Å². The van der Waals surface area contributed by atoms with Crippen molar-refractivity contribution in [3.8, 4) is 5.69 Å². The largest absolute Gasteiger partial charge is 0.381 e. The molecule has 1 aromatic carbocycles. The predicted molar refractivity (Wildman–Crippen MR) is 49.1 cm³/mol. The summed E-state index contributed by atoms with van der Waals surface area (Å²) in [4.78, 5) is 13.5. The number of benzene rings is 1. The lowest BCUT2D eigenvalue weighted by Gasteiger charge is -1.96. The van der Waals surface area contributed by atoms with Crippen LogP contribution in [0.2, 0.25) is 0 Å². The zero-order valence-corrected chi connectivity index (χ0v) is 7.12. The van der Waals surface area contributed by atoms with E-state index >= 15 is 0 Å². The highest BCUT2D eigenvalue weighted by atomic mass is 16.6. The van der Waals surface area contributed by atoms with Crippen LogP contribution in [0.5, 0.6) is 0 Å². The fourth-order valence-electron chi connectivity index (χ4n) is 1.10. The normalized spacial score (nSPS) is 10.0. The summed E-state index contributed by atoms with van der Waals surface area (Å²) in [5.41, 5.74) is 0.823. The smallest absolute Gasteiger partial charge is 0.358 e. The van der Waals surface area contributed by atoms with Gasteiger partial charge < -0.3 is 10.1 Å². The molecule has 0 spiro atoms. The predicted octanol–water partition coefficient (Wildman–Crippen LogP) is 1.58. The van der Waals surface area contributed by atoms with Crippen molar-refractivity contribution in [2.75, 3.05) is 0 Å². The maximum atomic E-state index is 10.4. The molecule has 0 bridgehead atoms. The van der Waals surface area contributed by atoms with Crippen molar-refractivity contribution in [3.63, 3.8) is 0 Å². The van der Waals surface area contributed by atoms with Crippen molar-refractivity contribution in [1.82, 2.24) is 9.55 Å². The van der Waals surface area contributed by atoms with E-state index < -0.39 is 4.92 Å². The van der Waals surface area contributed by atoms with Crippen LogP contribution >= 0.6 is 0 Å². The number of rotatable bonds is 2. The maximum absolute atomic E-state index is 10.4. The van der Waals surface area contributed by atoms with Crippen LogP contribution in [-0.2, 0) is 0 Å². The molecule has 0 saturated carbocycles. The molecular formula is C9H6N3O2. The van der Waals surface area contributed by atoms with Gasteiger partial charge >= 0.3 is 5.82 Å². The summed E-state index contributed by atoms with van der Waals surface area (Å²) in [5.74, 6) is -0.155. The Morgan fingerprint density at radius 3 is 2.71 bits per heavy atom. The Morgan fingerprint density at radius 1 is 1.43 bits per heavy atom. The van der Waals surface area contributed by atoms with Gasteiger partial charge in [0.1, 0.15) is 6.20 Å². The third kappa shape index (κ3) is 1.47. The van der Waals surface area contributed by atoms with E-state index in [9.17, 15) is 10.1 Å². The molecule has 14 heavy (non-hydrogen) atoms. The molecule has 2 rings (SSSR count). The van der Waals surface area contributed by atoms with Crippen LogP contribution in [0.25, 0.3) is 5.69 Å². The molecule has 0 atom stereocenters. The van der Waals surface area contributed by atoms with Crippen molar-refractivity contribution in [2.24, 2.45) is 0 Å². The second kappa shape index (κ2) is 3.29. The molecule has 0 N–H and O–H groups in total. The lowest BCUT2D eigenvalue weighted by molar-refractivity contribution is -0.389. The molecule has 1 heterocycles. The number of nitro groups is 1. The van der Waals surface area contributed by atoms with Gasteiger partial charge in [-0.2, -0.15) is 0 Å². The SMILES string of the molecule is O=[N+]([O-])c1cn(-c2cc[c]cc2)cn1. The van der Waals surface area contributed by atoms with Crippen LogP contribution in [-0.4, -0.2) is 14.5 Å². The number of nitrogens with zero attached hydrogens (tertiary/aromatic N) is 3. The van der Waals surface area contributed by atoms with Gasteiger partial charge in [-0.05, 0) is 28.1 Å². The average molecular weight is 188 g/mol. The van der Waals surface area contributed by atoms with Gasteiger partial charge in [0.15, 0.2) is 0 Å². The highest BCUT2D eigenvalue weighted by Gasteiger charge is 2.09. The first-order valence-corrected chi connectivity index (χ1v) is 3.92. The molecule has 69 valence electrons.